The van der Waals surface area contributed by atoms with Crippen molar-refractivity contribution in [3.8, 4) is 11.3 Å². The number of benzene rings is 3. The summed E-state index contributed by atoms with van der Waals surface area (Å²) in [5, 5.41) is 6.24. The second-order valence-corrected chi connectivity index (χ2v) is 8.26. The number of aromatic nitrogens is 2. The van der Waals surface area contributed by atoms with Gasteiger partial charge < -0.3 is 10.6 Å². The van der Waals surface area contributed by atoms with E-state index in [-0.39, 0.29) is 5.91 Å². The second kappa shape index (κ2) is 6.23. The molecule has 2 N–H and O–H groups in total. The topological polar surface area (TPSA) is 96.0 Å². The minimum absolute atomic E-state index is 0.269. The van der Waals surface area contributed by atoms with Crippen molar-refractivity contribution in [1.82, 2.24) is 9.55 Å². The molecule has 3 aliphatic rings. The summed E-state index contributed by atoms with van der Waals surface area (Å²) in [6.45, 7) is 2.03. The van der Waals surface area contributed by atoms with Crippen molar-refractivity contribution in [3.05, 3.63) is 95.0 Å². The lowest BCUT2D eigenvalue weighted by Crippen LogP contribution is -2.53. The molecule has 158 valence electrons. The van der Waals surface area contributed by atoms with E-state index in [2.05, 4.69) is 15.6 Å². The lowest BCUT2D eigenvalue weighted by atomic mass is 10.0. The van der Waals surface area contributed by atoms with Gasteiger partial charge in [-0.05, 0) is 31.2 Å². The maximum atomic E-state index is 13.6. The smallest absolute Gasteiger partial charge is 0.278 e. The second-order valence-electron chi connectivity index (χ2n) is 8.26. The molecule has 0 radical (unpaired) electrons. The Morgan fingerprint density at radius 3 is 2.61 bits per heavy atom. The van der Waals surface area contributed by atoms with Crippen molar-refractivity contribution in [1.29, 1.82) is 0 Å². The molecule has 7 rings (SSSR count). The molecule has 0 aliphatic carbocycles. The standard InChI is InChI=1S/C25H17N7O/c1-14-10-12-15(13-11-14)26-23-30-24-29-20-16-6-2-4-8-18(16)27-21(20)32(24)25(31-23)17-7-3-5-9-19(17)28-22(25)33/h2-13H,1H3,(H,26,31)(H,28,33)/t25-/m1/s1. The van der Waals surface area contributed by atoms with Crippen molar-refractivity contribution >= 4 is 28.9 Å². The first-order valence-corrected chi connectivity index (χ1v) is 10.6. The van der Waals surface area contributed by atoms with Gasteiger partial charge in [0.15, 0.2) is 5.49 Å². The van der Waals surface area contributed by atoms with Crippen LogP contribution >= 0.6 is 0 Å². The number of carbonyl (C=O) groups is 1. The summed E-state index contributed by atoms with van der Waals surface area (Å²) in [5.74, 6) is 0.0459. The highest BCUT2D eigenvalue weighted by Crippen LogP contribution is 2.41. The molecule has 0 bridgehead atoms. The molecule has 8 nitrogen and oxygen atoms in total. The Hall–Kier alpha value is -4.59. The maximum absolute atomic E-state index is 13.6. The highest BCUT2D eigenvalue weighted by atomic mass is 16.2. The molecule has 4 heterocycles. The highest BCUT2D eigenvalue weighted by Gasteiger charge is 2.52. The minimum Gasteiger partial charge on any atom is -0.324 e. The van der Waals surface area contributed by atoms with E-state index in [4.69, 9.17) is 15.0 Å². The first-order valence-electron chi connectivity index (χ1n) is 10.6. The number of rotatable bonds is 1. The number of aryl methyl sites for hydroxylation is 1. The first kappa shape index (κ1) is 18.0. The van der Waals surface area contributed by atoms with Gasteiger partial charge >= 0.3 is 0 Å². The number of nitrogens with one attached hydrogen (secondary N) is 2. The zero-order valence-electron chi connectivity index (χ0n) is 17.6. The number of hydrogen-bond acceptors (Lipinski definition) is 6. The molecule has 0 saturated carbocycles. The summed E-state index contributed by atoms with van der Waals surface area (Å²) < 4.78 is 1.75. The molecule has 1 aromatic heterocycles. The molecular weight excluding hydrogens is 414 g/mol. The largest absolute Gasteiger partial charge is 0.324 e. The van der Waals surface area contributed by atoms with Gasteiger partial charge in [-0.25, -0.2) is 15.0 Å². The van der Waals surface area contributed by atoms with E-state index in [9.17, 15) is 4.79 Å². The zero-order chi connectivity index (χ0) is 22.2. The number of guanidine groups is 1. The van der Waals surface area contributed by atoms with E-state index in [1.165, 1.54) is 0 Å². The minimum atomic E-state index is -1.40. The number of anilines is 2. The molecule has 3 aromatic carbocycles. The number of hydrogen-bond donors (Lipinski definition) is 2. The Morgan fingerprint density at radius 2 is 1.73 bits per heavy atom. The van der Waals surface area contributed by atoms with E-state index in [1.807, 2.05) is 79.7 Å². The van der Waals surface area contributed by atoms with Crippen molar-refractivity contribution in [2.45, 2.75) is 12.6 Å². The predicted octanol–water partition coefficient (Wildman–Crippen LogP) is 2.88. The van der Waals surface area contributed by atoms with Crippen LogP contribution in [0, 0.1) is 6.92 Å². The first-order chi connectivity index (χ1) is 16.1. The van der Waals surface area contributed by atoms with Gasteiger partial charge in [-0.2, -0.15) is 4.99 Å². The van der Waals surface area contributed by atoms with Gasteiger partial charge in [0.2, 0.25) is 11.6 Å². The summed E-state index contributed by atoms with van der Waals surface area (Å²) in [4.78, 5) is 32.8. The lowest BCUT2D eigenvalue weighted by Gasteiger charge is -2.27. The molecule has 4 aromatic rings. The SMILES string of the molecule is Cc1ccc(NC2=N[C@@]3(C(=O)Nc4ccccc43)n3c(nc4c3=Nc3ccccc3-4)=N2)cc1. The predicted molar refractivity (Wildman–Crippen MR) is 124 cm³/mol. The van der Waals surface area contributed by atoms with E-state index in [1.54, 1.807) is 4.57 Å². The number of fused-ring (bicyclic) bond motifs is 8. The summed E-state index contributed by atoms with van der Waals surface area (Å²) in [6, 6.07) is 23.3. The van der Waals surface area contributed by atoms with Crippen LogP contribution in [0.4, 0.5) is 17.1 Å². The molecule has 33 heavy (non-hydrogen) atoms. The number of amides is 1. The highest BCUT2D eigenvalue weighted by molar-refractivity contribution is 6.08. The van der Waals surface area contributed by atoms with Crippen LogP contribution in [0.1, 0.15) is 11.1 Å². The summed E-state index contributed by atoms with van der Waals surface area (Å²) in [7, 11) is 0. The van der Waals surface area contributed by atoms with Crippen LogP contribution in [-0.4, -0.2) is 21.4 Å². The van der Waals surface area contributed by atoms with Crippen LogP contribution in [0.15, 0.2) is 87.8 Å². The summed E-state index contributed by atoms with van der Waals surface area (Å²) >= 11 is 0. The fourth-order valence-corrected chi connectivity index (χ4v) is 4.65. The monoisotopic (exact) mass is 431 g/mol. The molecular formula is C25H17N7O. The quantitative estimate of drug-likeness (QED) is 0.427. The van der Waals surface area contributed by atoms with Gasteiger partial charge in [-0.1, -0.05) is 54.1 Å². The molecule has 1 amide bonds. The van der Waals surface area contributed by atoms with Crippen molar-refractivity contribution in [2.24, 2.45) is 15.0 Å². The molecule has 0 fully saturated rings. The Morgan fingerprint density at radius 1 is 0.939 bits per heavy atom. The molecule has 1 spiro atoms. The van der Waals surface area contributed by atoms with E-state index >= 15 is 0 Å². The van der Waals surface area contributed by atoms with Crippen LogP contribution in [0.25, 0.3) is 11.3 Å². The molecule has 0 saturated heterocycles. The van der Waals surface area contributed by atoms with E-state index in [0.29, 0.717) is 28.4 Å². The van der Waals surface area contributed by atoms with Gasteiger partial charge in [-0.3, -0.25) is 9.36 Å². The van der Waals surface area contributed by atoms with Crippen molar-refractivity contribution < 1.29 is 4.79 Å². The van der Waals surface area contributed by atoms with Gasteiger partial charge in [0.05, 0.1) is 5.69 Å². The fourth-order valence-electron chi connectivity index (χ4n) is 4.65. The van der Waals surface area contributed by atoms with Gasteiger partial charge in [0.25, 0.3) is 11.6 Å². The van der Waals surface area contributed by atoms with Gasteiger partial charge in [0.1, 0.15) is 5.69 Å². The number of aliphatic imine (C=N–C) groups is 1. The molecule has 1 atom stereocenters. The van der Waals surface area contributed by atoms with Crippen LogP contribution < -0.4 is 21.7 Å². The number of carbonyl (C=O) groups excluding carboxylic acids is 1. The average Bonchev–Trinajstić information content (AvgIpc) is 3.44. The Kier molecular flexibility index (Phi) is 3.40. The van der Waals surface area contributed by atoms with Crippen LogP contribution in [0.5, 0.6) is 0 Å². The fraction of sp³-hybridized carbons (Fsp3) is 0.0800. The van der Waals surface area contributed by atoms with Crippen LogP contribution in [0.3, 0.4) is 0 Å². The average molecular weight is 431 g/mol. The maximum Gasteiger partial charge on any atom is 0.278 e. The van der Waals surface area contributed by atoms with Gasteiger partial charge in [0, 0.05) is 22.5 Å². The Bertz CT molecular complexity index is 1650. The van der Waals surface area contributed by atoms with Crippen molar-refractivity contribution in [3.63, 3.8) is 0 Å². The van der Waals surface area contributed by atoms with Gasteiger partial charge in [-0.15, -0.1) is 0 Å². The summed E-state index contributed by atoms with van der Waals surface area (Å²) in [5.41, 5.74) is 5.43. The van der Waals surface area contributed by atoms with Crippen LogP contribution in [0.2, 0.25) is 0 Å². The molecule has 0 unspecified atom stereocenters. The van der Waals surface area contributed by atoms with E-state index in [0.717, 1.165) is 28.1 Å². The Balaban J connectivity index is 1.51. The third kappa shape index (κ3) is 2.37. The summed E-state index contributed by atoms with van der Waals surface area (Å²) in [6.07, 6.45) is 0. The Labute approximate surface area is 188 Å². The third-order valence-corrected chi connectivity index (χ3v) is 6.19. The van der Waals surface area contributed by atoms with E-state index < -0.39 is 5.66 Å². The number of imidazole rings is 1. The molecule has 8 heteroatoms. The lowest BCUT2D eigenvalue weighted by molar-refractivity contribution is -0.121. The zero-order valence-corrected chi connectivity index (χ0v) is 17.6. The number of para-hydroxylation sites is 2. The third-order valence-electron chi connectivity index (χ3n) is 6.19. The van der Waals surface area contributed by atoms with Crippen LogP contribution in [-0.2, 0) is 10.5 Å². The van der Waals surface area contributed by atoms with Crippen molar-refractivity contribution in [2.75, 3.05) is 10.6 Å². The number of nitrogens with zero attached hydrogens (tertiary/aromatic N) is 5. The molecule has 3 aliphatic heterocycles. The normalized spacial score (nSPS) is 18.9.